The number of benzene rings is 1. The van der Waals surface area contributed by atoms with E-state index in [1.807, 2.05) is 0 Å². The Morgan fingerprint density at radius 1 is 1.22 bits per heavy atom. The van der Waals surface area contributed by atoms with Gasteiger partial charge in [0.25, 0.3) is 0 Å². The Balaban J connectivity index is 2.11. The Labute approximate surface area is 115 Å². The predicted octanol–water partition coefficient (Wildman–Crippen LogP) is 2.73. The average Bonchev–Trinajstić information content (AvgIpc) is 2.46. The largest absolute Gasteiger partial charge is 0.329 e. The summed E-state index contributed by atoms with van der Waals surface area (Å²) < 4.78 is 0. The fourth-order valence-corrected chi connectivity index (χ4v) is 4.07. The van der Waals surface area contributed by atoms with Gasteiger partial charge in [0.2, 0.25) is 0 Å². The van der Waals surface area contributed by atoms with E-state index >= 15 is 0 Å². The van der Waals surface area contributed by atoms with E-state index in [4.69, 9.17) is 5.73 Å². The molecule has 2 rings (SSSR count). The minimum absolute atomic E-state index is 0.232. The van der Waals surface area contributed by atoms with E-state index in [-0.39, 0.29) is 5.54 Å². The minimum Gasteiger partial charge on any atom is -0.329 e. The number of nitrogens with zero attached hydrogens (tertiary/aromatic N) is 1. The predicted molar refractivity (Wildman–Crippen MR) is 80.9 cm³/mol. The first-order valence-corrected chi connectivity index (χ1v) is 8.03. The van der Waals surface area contributed by atoms with Crippen LogP contribution in [0.4, 0.5) is 0 Å². The highest BCUT2D eigenvalue weighted by Crippen LogP contribution is 2.32. The normalized spacial score (nSPS) is 19.1. The van der Waals surface area contributed by atoms with Gasteiger partial charge >= 0.3 is 0 Å². The maximum atomic E-state index is 6.12. The van der Waals surface area contributed by atoms with Gasteiger partial charge in [-0.3, -0.25) is 4.90 Å². The number of thioether (sulfide) groups is 1. The van der Waals surface area contributed by atoms with Gasteiger partial charge in [-0.05, 0) is 36.5 Å². The molecule has 0 radical (unpaired) electrons. The van der Waals surface area contributed by atoms with E-state index in [1.54, 1.807) is 0 Å². The average molecular weight is 264 g/mol. The van der Waals surface area contributed by atoms with E-state index in [1.165, 1.54) is 29.9 Å². The molecule has 1 heterocycles. The summed E-state index contributed by atoms with van der Waals surface area (Å²) in [4.78, 5) is 2.59. The smallest absolute Gasteiger partial charge is 0.0350 e. The van der Waals surface area contributed by atoms with E-state index in [9.17, 15) is 0 Å². The van der Waals surface area contributed by atoms with Crippen molar-refractivity contribution in [3.8, 4) is 0 Å². The molecule has 0 aromatic heterocycles. The lowest BCUT2D eigenvalue weighted by molar-refractivity contribution is 0.0825. The van der Waals surface area contributed by atoms with E-state index in [2.05, 4.69) is 53.9 Å². The third kappa shape index (κ3) is 3.08. The molecule has 0 unspecified atom stereocenters. The van der Waals surface area contributed by atoms with Gasteiger partial charge in [0.15, 0.2) is 0 Å². The third-order valence-corrected chi connectivity index (χ3v) is 5.06. The lowest BCUT2D eigenvalue weighted by Crippen LogP contribution is -2.55. The molecule has 0 bridgehead atoms. The van der Waals surface area contributed by atoms with Crippen LogP contribution < -0.4 is 5.73 Å². The fraction of sp³-hybridized carbons (Fsp3) is 0.600. The van der Waals surface area contributed by atoms with Crippen LogP contribution in [0.3, 0.4) is 0 Å². The minimum atomic E-state index is 0.232. The molecule has 1 saturated heterocycles. The number of hydrogen-bond acceptors (Lipinski definition) is 3. The zero-order chi connectivity index (χ0) is 12.8. The summed E-state index contributed by atoms with van der Waals surface area (Å²) in [6, 6.07) is 10.7. The molecule has 2 nitrogen and oxygen atoms in total. The summed E-state index contributed by atoms with van der Waals surface area (Å²) in [5.41, 5.74) is 7.74. The molecule has 0 spiro atoms. The molecule has 1 fully saturated rings. The molecule has 0 atom stereocenters. The summed E-state index contributed by atoms with van der Waals surface area (Å²) in [6.45, 7) is 5.15. The van der Waals surface area contributed by atoms with E-state index in [0.717, 1.165) is 19.6 Å². The Bertz CT molecular complexity index is 347. The first kappa shape index (κ1) is 13.9. The molecule has 0 saturated carbocycles. The van der Waals surface area contributed by atoms with E-state index in [0.29, 0.717) is 0 Å². The van der Waals surface area contributed by atoms with Crippen LogP contribution in [-0.2, 0) is 6.54 Å². The fourth-order valence-electron chi connectivity index (χ4n) is 2.82. The Morgan fingerprint density at radius 2 is 1.89 bits per heavy atom. The zero-order valence-corrected chi connectivity index (χ0v) is 12.1. The molecule has 2 N–H and O–H groups in total. The molecule has 0 amide bonds. The third-order valence-electron chi connectivity index (χ3n) is 4.07. The Morgan fingerprint density at radius 3 is 2.44 bits per heavy atom. The molecule has 1 aliphatic rings. The monoisotopic (exact) mass is 264 g/mol. The standard InChI is InChI=1S/C15H24N2S/c1-2-17(12-14-6-4-3-5-7-14)15(13-16)8-10-18-11-9-15/h3-7H,2,8-13,16H2,1H3. The van der Waals surface area contributed by atoms with Crippen LogP contribution in [0.25, 0.3) is 0 Å². The van der Waals surface area contributed by atoms with Gasteiger partial charge in [-0.2, -0.15) is 11.8 Å². The van der Waals surface area contributed by atoms with Crippen LogP contribution in [0.2, 0.25) is 0 Å². The van der Waals surface area contributed by atoms with Crippen molar-refractivity contribution in [2.75, 3.05) is 24.6 Å². The first-order chi connectivity index (χ1) is 8.80. The van der Waals surface area contributed by atoms with Crippen LogP contribution in [0.1, 0.15) is 25.3 Å². The molecule has 0 aliphatic carbocycles. The van der Waals surface area contributed by atoms with Crippen LogP contribution in [0, 0.1) is 0 Å². The zero-order valence-electron chi connectivity index (χ0n) is 11.3. The van der Waals surface area contributed by atoms with Gasteiger partial charge in [-0.15, -0.1) is 0 Å². The highest BCUT2D eigenvalue weighted by molar-refractivity contribution is 7.99. The molecular formula is C15H24N2S. The second kappa shape index (κ2) is 6.60. The van der Waals surface area contributed by atoms with Crippen molar-refractivity contribution in [3.63, 3.8) is 0 Å². The summed E-state index contributed by atoms with van der Waals surface area (Å²) in [6.07, 6.45) is 2.46. The van der Waals surface area contributed by atoms with Crippen LogP contribution in [-0.4, -0.2) is 35.0 Å². The van der Waals surface area contributed by atoms with Gasteiger partial charge < -0.3 is 5.73 Å². The maximum absolute atomic E-state index is 6.12. The van der Waals surface area contributed by atoms with Crippen molar-refractivity contribution < 1.29 is 0 Å². The van der Waals surface area contributed by atoms with Gasteiger partial charge in [0, 0.05) is 18.6 Å². The molecule has 1 aliphatic heterocycles. The van der Waals surface area contributed by atoms with Crippen LogP contribution in [0.15, 0.2) is 30.3 Å². The summed E-state index contributed by atoms with van der Waals surface area (Å²) in [7, 11) is 0. The number of rotatable bonds is 5. The van der Waals surface area contributed by atoms with Crippen LogP contribution in [0.5, 0.6) is 0 Å². The van der Waals surface area contributed by atoms with Gasteiger partial charge in [-0.1, -0.05) is 37.3 Å². The maximum Gasteiger partial charge on any atom is 0.0350 e. The molecule has 1 aromatic carbocycles. The summed E-state index contributed by atoms with van der Waals surface area (Å²) >= 11 is 2.06. The molecule has 100 valence electrons. The van der Waals surface area contributed by atoms with E-state index < -0.39 is 0 Å². The van der Waals surface area contributed by atoms with Crippen molar-refractivity contribution in [2.24, 2.45) is 5.73 Å². The highest BCUT2D eigenvalue weighted by Gasteiger charge is 2.36. The Kier molecular flexibility index (Phi) is 5.10. The summed E-state index contributed by atoms with van der Waals surface area (Å²) in [5.74, 6) is 2.50. The summed E-state index contributed by atoms with van der Waals surface area (Å²) in [5, 5.41) is 0. The quantitative estimate of drug-likeness (QED) is 0.886. The number of nitrogens with two attached hydrogens (primary N) is 1. The van der Waals surface area contributed by atoms with Crippen molar-refractivity contribution >= 4 is 11.8 Å². The molecule has 18 heavy (non-hydrogen) atoms. The van der Waals surface area contributed by atoms with Crippen molar-refractivity contribution in [2.45, 2.75) is 31.8 Å². The van der Waals surface area contributed by atoms with Gasteiger partial charge in [0.1, 0.15) is 0 Å². The molecule has 3 heteroatoms. The second-order valence-corrected chi connectivity index (χ2v) is 6.27. The molecule has 1 aromatic rings. The molecular weight excluding hydrogens is 240 g/mol. The van der Waals surface area contributed by atoms with Gasteiger partial charge in [0.05, 0.1) is 0 Å². The SMILES string of the molecule is CCN(Cc1ccccc1)C1(CN)CCSCC1. The van der Waals surface area contributed by atoms with Crippen molar-refractivity contribution in [1.82, 2.24) is 4.90 Å². The van der Waals surface area contributed by atoms with Gasteiger partial charge in [-0.25, -0.2) is 0 Å². The first-order valence-electron chi connectivity index (χ1n) is 6.87. The number of hydrogen-bond donors (Lipinski definition) is 1. The van der Waals surface area contributed by atoms with Crippen molar-refractivity contribution in [3.05, 3.63) is 35.9 Å². The topological polar surface area (TPSA) is 29.3 Å². The lowest BCUT2D eigenvalue weighted by atomic mass is 9.89. The number of likely N-dealkylation sites (N-methyl/N-ethyl adjacent to an activating group) is 1. The second-order valence-electron chi connectivity index (χ2n) is 5.04. The highest BCUT2D eigenvalue weighted by atomic mass is 32.2. The lowest BCUT2D eigenvalue weighted by Gasteiger charge is -2.45. The Hall–Kier alpha value is -0.510. The van der Waals surface area contributed by atoms with Crippen LogP contribution >= 0.6 is 11.8 Å². The van der Waals surface area contributed by atoms with Crippen molar-refractivity contribution in [1.29, 1.82) is 0 Å².